The molecular weight excluding hydrogens is 258 g/mol. The van der Waals surface area contributed by atoms with Gasteiger partial charge in [0.2, 0.25) is 11.8 Å². The lowest BCUT2D eigenvalue weighted by atomic mass is 9.93. The molecule has 2 heterocycles. The van der Waals surface area contributed by atoms with Crippen molar-refractivity contribution < 1.29 is 14.1 Å². The Bertz CT molecular complexity index is 474. The van der Waals surface area contributed by atoms with Crippen LogP contribution in [-0.4, -0.2) is 29.3 Å². The van der Waals surface area contributed by atoms with E-state index < -0.39 is 5.54 Å². The fourth-order valence-corrected chi connectivity index (χ4v) is 3.17. The van der Waals surface area contributed by atoms with Crippen molar-refractivity contribution in [3.63, 3.8) is 0 Å². The van der Waals surface area contributed by atoms with Crippen LogP contribution in [0.2, 0.25) is 0 Å². The van der Waals surface area contributed by atoms with E-state index in [2.05, 4.69) is 15.5 Å². The molecule has 6 nitrogen and oxygen atoms in total. The van der Waals surface area contributed by atoms with Crippen LogP contribution in [-0.2, 0) is 15.1 Å². The van der Waals surface area contributed by atoms with Crippen molar-refractivity contribution in [3.05, 3.63) is 11.7 Å². The Balaban J connectivity index is 1.75. The van der Waals surface area contributed by atoms with Gasteiger partial charge in [0.25, 0.3) is 0 Å². The van der Waals surface area contributed by atoms with Gasteiger partial charge in [-0.05, 0) is 25.7 Å². The maximum absolute atomic E-state index is 12.5. The van der Waals surface area contributed by atoms with E-state index in [1.165, 1.54) is 0 Å². The summed E-state index contributed by atoms with van der Waals surface area (Å²) in [5.41, 5.74) is -0.423. The van der Waals surface area contributed by atoms with Crippen LogP contribution in [0.15, 0.2) is 4.52 Å². The number of hydrogen-bond acceptors (Lipinski definition) is 5. The van der Waals surface area contributed by atoms with Crippen LogP contribution in [0.4, 0.5) is 0 Å². The zero-order chi connectivity index (χ0) is 14.0. The Kier molecular flexibility index (Phi) is 3.74. The van der Waals surface area contributed by atoms with Crippen molar-refractivity contribution in [2.75, 3.05) is 13.2 Å². The number of ether oxygens (including phenoxy) is 1. The lowest BCUT2D eigenvalue weighted by molar-refractivity contribution is -0.130. The summed E-state index contributed by atoms with van der Waals surface area (Å²) in [5, 5.41) is 7.25. The Labute approximate surface area is 118 Å². The Morgan fingerprint density at radius 3 is 2.60 bits per heavy atom. The van der Waals surface area contributed by atoms with E-state index in [1.807, 2.05) is 0 Å². The molecule has 0 spiro atoms. The van der Waals surface area contributed by atoms with Gasteiger partial charge in [0.05, 0.1) is 0 Å². The molecule has 1 saturated carbocycles. The first-order valence-corrected chi connectivity index (χ1v) is 7.40. The van der Waals surface area contributed by atoms with Gasteiger partial charge in [-0.2, -0.15) is 4.98 Å². The van der Waals surface area contributed by atoms with E-state index in [1.54, 1.807) is 6.92 Å². The largest absolute Gasteiger partial charge is 0.381 e. The average molecular weight is 279 g/mol. The molecule has 0 aromatic carbocycles. The topological polar surface area (TPSA) is 77.2 Å². The second kappa shape index (κ2) is 5.52. The SMILES string of the molecule is Cc1nc(C2(NC(=O)C3CCOCC3)CCCC2)no1. The van der Waals surface area contributed by atoms with Crippen LogP contribution in [0.25, 0.3) is 0 Å². The molecular formula is C14H21N3O3. The predicted octanol–water partition coefficient (Wildman–Crippen LogP) is 1.69. The summed E-state index contributed by atoms with van der Waals surface area (Å²) in [6.45, 7) is 3.12. The van der Waals surface area contributed by atoms with Crippen molar-refractivity contribution in [1.82, 2.24) is 15.5 Å². The van der Waals surface area contributed by atoms with Crippen LogP contribution in [0, 0.1) is 12.8 Å². The number of nitrogens with one attached hydrogen (secondary N) is 1. The fourth-order valence-electron chi connectivity index (χ4n) is 3.17. The van der Waals surface area contributed by atoms with Crippen molar-refractivity contribution in [2.24, 2.45) is 5.92 Å². The molecule has 1 aromatic heterocycles. The van der Waals surface area contributed by atoms with Crippen LogP contribution >= 0.6 is 0 Å². The molecule has 6 heteroatoms. The molecule has 1 aromatic rings. The number of nitrogens with zero attached hydrogens (tertiary/aromatic N) is 2. The molecule has 20 heavy (non-hydrogen) atoms. The Morgan fingerprint density at radius 1 is 1.30 bits per heavy atom. The molecule has 0 radical (unpaired) electrons. The molecule has 1 aliphatic heterocycles. The maximum Gasteiger partial charge on any atom is 0.224 e. The minimum Gasteiger partial charge on any atom is -0.381 e. The number of carbonyl (C=O) groups is 1. The first-order chi connectivity index (χ1) is 9.70. The van der Waals surface area contributed by atoms with Crippen molar-refractivity contribution in [1.29, 1.82) is 0 Å². The van der Waals surface area contributed by atoms with Gasteiger partial charge >= 0.3 is 0 Å². The highest BCUT2D eigenvalue weighted by Crippen LogP contribution is 2.37. The lowest BCUT2D eigenvalue weighted by Crippen LogP contribution is -2.48. The average Bonchev–Trinajstić information content (AvgIpc) is 3.10. The van der Waals surface area contributed by atoms with Gasteiger partial charge in [0.1, 0.15) is 5.54 Å². The number of rotatable bonds is 3. The zero-order valence-corrected chi connectivity index (χ0v) is 11.9. The summed E-state index contributed by atoms with van der Waals surface area (Å²) < 4.78 is 10.4. The molecule has 1 saturated heterocycles. The summed E-state index contributed by atoms with van der Waals surface area (Å²) in [7, 11) is 0. The fraction of sp³-hybridized carbons (Fsp3) is 0.786. The summed E-state index contributed by atoms with van der Waals surface area (Å²) in [6, 6.07) is 0. The Morgan fingerprint density at radius 2 is 2.00 bits per heavy atom. The van der Waals surface area contributed by atoms with E-state index >= 15 is 0 Å². The Hall–Kier alpha value is -1.43. The van der Waals surface area contributed by atoms with Gasteiger partial charge < -0.3 is 14.6 Å². The highest BCUT2D eigenvalue weighted by Gasteiger charge is 2.42. The third-order valence-electron chi connectivity index (χ3n) is 4.37. The summed E-state index contributed by atoms with van der Waals surface area (Å²) >= 11 is 0. The molecule has 1 N–H and O–H groups in total. The summed E-state index contributed by atoms with van der Waals surface area (Å²) in [4.78, 5) is 16.8. The first-order valence-electron chi connectivity index (χ1n) is 7.40. The van der Waals surface area contributed by atoms with Crippen LogP contribution in [0.3, 0.4) is 0 Å². The molecule has 1 amide bonds. The minimum absolute atomic E-state index is 0.0502. The normalized spacial score (nSPS) is 22.9. The van der Waals surface area contributed by atoms with Crippen LogP contribution < -0.4 is 5.32 Å². The van der Waals surface area contributed by atoms with Gasteiger partial charge in [-0.15, -0.1) is 0 Å². The van der Waals surface area contributed by atoms with E-state index in [-0.39, 0.29) is 11.8 Å². The van der Waals surface area contributed by atoms with E-state index in [9.17, 15) is 4.79 Å². The number of aryl methyl sites for hydroxylation is 1. The van der Waals surface area contributed by atoms with Gasteiger partial charge in [0, 0.05) is 26.1 Å². The quantitative estimate of drug-likeness (QED) is 0.911. The molecule has 110 valence electrons. The van der Waals surface area contributed by atoms with E-state index in [0.717, 1.165) is 38.5 Å². The highest BCUT2D eigenvalue weighted by atomic mass is 16.5. The number of carbonyl (C=O) groups excluding carboxylic acids is 1. The highest BCUT2D eigenvalue weighted by molar-refractivity contribution is 5.79. The molecule has 0 bridgehead atoms. The van der Waals surface area contributed by atoms with Crippen LogP contribution in [0.1, 0.15) is 50.2 Å². The van der Waals surface area contributed by atoms with Gasteiger partial charge in [-0.1, -0.05) is 18.0 Å². The van der Waals surface area contributed by atoms with Gasteiger partial charge in [-0.3, -0.25) is 4.79 Å². The lowest BCUT2D eigenvalue weighted by Gasteiger charge is -2.30. The van der Waals surface area contributed by atoms with Crippen LogP contribution in [0.5, 0.6) is 0 Å². The molecule has 1 aliphatic carbocycles. The zero-order valence-electron chi connectivity index (χ0n) is 11.9. The minimum atomic E-state index is -0.423. The maximum atomic E-state index is 12.5. The molecule has 2 fully saturated rings. The van der Waals surface area contributed by atoms with Gasteiger partial charge in [-0.25, -0.2) is 0 Å². The monoisotopic (exact) mass is 279 g/mol. The van der Waals surface area contributed by atoms with E-state index in [0.29, 0.717) is 24.9 Å². The second-order valence-corrected chi connectivity index (χ2v) is 5.80. The van der Waals surface area contributed by atoms with E-state index in [4.69, 9.17) is 9.26 Å². The molecule has 3 rings (SSSR count). The number of amides is 1. The summed E-state index contributed by atoms with van der Waals surface area (Å²) in [6.07, 6.45) is 5.55. The second-order valence-electron chi connectivity index (χ2n) is 5.80. The van der Waals surface area contributed by atoms with Crippen molar-refractivity contribution >= 4 is 5.91 Å². The van der Waals surface area contributed by atoms with Crippen molar-refractivity contribution in [2.45, 2.75) is 51.0 Å². The third kappa shape index (κ3) is 2.57. The smallest absolute Gasteiger partial charge is 0.224 e. The number of hydrogen-bond donors (Lipinski definition) is 1. The molecule has 0 atom stereocenters. The standard InChI is InChI=1S/C14H21N3O3/c1-10-15-13(17-20-10)14(6-2-3-7-14)16-12(18)11-4-8-19-9-5-11/h11H,2-9H2,1H3,(H,16,18). The summed E-state index contributed by atoms with van der Waals surface area (Å²) in [5.74, 6) is 1.34. The first kappa shape index (κ1) is 13.5. The van der Waals surface area contributed by atoms with Crippen molar-refractivity contribution in [3.8, 4) is 0 Å². The third-order valence-corrected chi connectivity index (χ3v) is 4.37. The predicted molar refractivity (Wildman–Crippen MR) is 70.9 cm³/mol. The van der Waals surface area contributed by atoms with Gasteiger partial charge in [0.15, 0.2) is 5.82 Å². The number of aromatic nitrogens is 2. The molecule has 0 unspecified atom stereocenters. The molecule has 2 aliphatic rings.